The van der Waals surface area contributed by atoms with Gasteiger partial charge in [-0.05, 0) is 44.7 Å². The van der Waals surface area contributed by atoms with Gasteiger partial charge in [0.25, 0.3) is 0 Å². The topological polar surface area (TPSA) is 72.7 Å². The Labute approximate surface area is 130 Å². The van der Waals surface area contributed by atoms with E-state index in [0.717, 1.165) is 42.0 Å². The van der Waals surface area contributed by atoms with Gasteiger partial charge in [0.05, 0.1) is 11.7 Å². The van der Waals surface area contributed by atoms with E-state index in [9.17, 15) is 4.79 Å². The van der Waals surface area contributed by atoms with E-state index in [2.05, 4.69) is 20.4 Å². The fraction of sp³-hybridized carbons (Fsp3) is 0.500. The number of aryl methyl sites for hydroxylation is 3. The summed E-state index contributed by atoms with van der Waals surface area (Å²) in [6.45, 7) is 3.86. The van der Waals surface area contributed by atoms with E-state index < -0.39 is 0 Å². The zero-order valence-corrected chi connectivity index (χ0v) is 13.2. The van der Waals surface area contributed by atoms with E-state index in [1.54, 1.807) is 4.68 Å². The fourth-order valence-corrected chi connectivity index (χ4v) is 2.90. The second-order valence-corrected chi connectivity index (χ2v) is 5.97. The summed E-state index contributed by atoms with van der Waals surface area (Å²) in [5.41, 5.74) is 3.07. The first-order chi connectivity index (χ1) is 10.5. The molecule has 3 rings (SSSR count). The Hall–Kier alpha value is -2.24. The highest BCUT2D eigenvalue weighted by Crippen LogP contribution is 2.24. The predicted octanol–water partition coefficient (Wildman–Crippen LogP) is 1.50. The lowest BCUT2D eigenvalue weighted by atomic mass is 9.86. The quantitative estimate of drug-likeness (QED) is 0.932. The molecule has 6 heteroatoms. The average molecular weight is 299 g/mol. The first-order valence-electron chi connectivity index (χ1n) is 7.64. The normalized spacial score (nSPS) is 18.6. The molecule has 116 valence electrons. The summed E-state index contributed by atoms with van der Waals surface area (Å²) in [5, 5.41) is 7.40. The molecule has 0 fully saturated rings. The molecule has 0 aliphatic heterocycles. The first kappa shape index (κ1) is 14.7. The third kappa shape index (κ3) is 3.00. The Morgan fingerprint density at radius 1 is 1.50 bits per heavy atom. The van der Waals surface area contributed by atoms with Gasteiger partial charge in [-0.3, -0.25) is 9.48 Å². The van der Waals surface area contributed by atoms with Crippen LogP contribution in [0.4, 0.5) is 0 Å². The monoisotopic (exact) mass is 299 g/mol. The van der Waals surface area contributed by atoms with Crippen molar-refractivity contribution in [3.05, 3.63) is 41.2 Å². The van der Waals surface area contributed by atoms with Crippen molar-refractivity contribution in [2.45, 2.75) is 39.2 Å². The Kier molecular flexibility index (Phi) is 3.92. The zero-order valence-electron chi connectivity index (χ0n) is 13.2. The van der Waals surface area contributed by atoms with Crippen LogP contribution in [-0.2, 0) is 24.7 Å². The van der Waals surface area contributed by atoms with Gasteiger partial charge >= 0.3 is 0 Å². The largest absolute Gasteiger partial charge is 0.348 e. The first-order valence-corrected chi connectivity index (χ1v) is 7.64. The molecule has 0 saturated carbocycles. The molecule has 2 aromatic heterocycles. The van der Waals surface area contributed by atoms with Gasteiger partial charge in [0.2, 0.25) is 5.91 Å². The van der Waals surface area contributed by atoms with E-state index >= 15 is 0 Å². The molecule has 22 heavy (non-hydrogen) atoms. The average Bonchev–Trinajstić information content (AvgIpc) is 2.93. The van der Waals surface area contributed by atoms with Gasteiger partial charge in [0.15, 0.2) is 0 Å². The highest BCUT2D eigenvalue weighted by Gasteiger charge is 2.27. The van der Waals surface area contributed by atoms with Gasteiger partial charge in [0, 0.05) is 31.1 Å². The van der Waals surface area contributed by atoms with Crippen LogP contribution in [0.1, 0.15) is 42.2 Å². The summed E-state index contributed by atoms with van der Waals surface area (Å²) in [6.07, 6.45) is 6.14. The molecule has 1 aliphatic carbocycles. The van der Waals surface area contributed by atoms with E-state index in [-0.39, 0.29) is 17.9 Å². The standard InChI is InChI=1S/C16H21N5O/c1-10(14-6-7-21(3)20-14)18-16(22)12-4-5-15-13(8-12)9-17-11(2)19-15/h6-7,9-10,12H,4-5,8H2,1-3H3,(H,18,22)/t10-,12?/m1/s1. The molecule has 0 saturated heterocycles. The molecule has 1 amide bonds. The van der Waals surface area contributed by atoms with Gasteiger partial charge < -0.3 is 5.32 Å². The van der Waals surface area contributed by atoms with Crippen LogP contribution in [-0.4, -0.2) is 25.7 Å². The summed E-state index contributed by atoms with van der Waals surface area (Å²) >= 11 is 0. The van der Waals surface area contributed by atoms with Crippen molar-refractivity contribution in [3.8, 4) is 0 Å². The lowest BCUT2D eigenvalue weighted by molar-refractivity contribution is -0.126. The maximum absolute atomic E-state index is 12.5. The lowest BCUT2D eigenvalue weighted by Crippen LogP contribution is -2.36. The summed E-state index contributed by atoms with van der Waals surface area (Å²) in [6, 6.07) is 1.85. The molecule has 1 aliphatic rings. The summed E-state index contributed by atoms with van der Waals surface area (Å²) in [5.74, 6) is 0.875. The van der Waals surface area contributed by atoms with Crippen LogP contribution in [0, 0.1) is 12.8 Å². The molecule has 2 aromatic rings. The van der Waals surface area contributed by atoms with E-state index in [0.29, 0.717) is 0 Å². The third-order valence-electron chi connectivity index (χ3n) is 4.18. The number of nitrogens with one attached hydrogen (secondary N) is 1. The molecule has 2 atom stereocenters. The molecule has 0 radical (unpaired) electrons. The van der Waals surface area contributed by atoms with E-state index in [1.165, 1.54) is 0 Å². The molecule has 0 aromatic carbocycles. The third-order valence-corrected chi connectivity index (χ3v) is 4.18. The van der Waals surface area contributed by atoms with Crippen molar-refractivity contribution in [2.24, 2.45) is 13.0 Å². The van der Waals surface area contributed by atoms with E-state index in [4.69, 9.17) is 0 Å². The Morgan fingerprint density at radius 3 is 3.05 bits per heavy atom. The second-order valence-electron chi connectivity index (χ2n) is 5.97. The van der Waals surface area contributed by atoms with Crippen LogP contribution < -0.4 is 5.32 Å². The van der Waals surface area contributed by atoms with Crippen molar-refractivity contribution >= 4 is 5.91 Å². The Morgan fingerprint density at radius 2 is 2.32 bits per heavy atom. The second kappa shape index (κ2) is 5.87. The van der Waals surface area contributed by atoms with Crippen LogP contribution in [0.25, 0.3) is 0 Å². The van der Waals surface area contributed by atoms with Crippen molar-refractivity contribution < 1.29 is 4.79 Å². The number of hydrogen-bond donors (Lipinski definition) is 1. The number of carbonyl (C=O) groups is 1. The highest BCUT2D eigenvalue weighted by atomic mass is 16.1. The number of hydrogen-bond acceptors (Lipinski definition) is 4. The van der Waals surface area contributed by atoms with Crippen molar-refractivity contribution in [2.75, 3.05) is 0 Å². The van der Waals surface area contributed by atoms with Gasteiger partial charge in [-0.15, -0.1) is 0 Å². The number of carbonyl (C=O) groups excluding carboxylic acids is 1. The fourth-order valence-electron chi connectivity index (χ4n) is 2.90. The SMILES string of the molecule is Cc1ncc2c(n1)CCC(C(=O)N[C@H](C)c1ccn(C)n1)C2. The minimum absolute atomic E-state index is 0.00929. The molecule has 2 heterocycles. The highest BCUT2D eigenvalue weighted by molar-refractivity contribution is 5.79. The van der Waals surface area contributed by atoms with Crippen LogP contribution in [0.5, 0.6) is 0 Å². The molecular weight excluding hydrogens is 278 g/mol. The van der Waals surface area contributed by atoms with Crippen LogP contribution in [0.15, 0.2) is 18.5 Å². The summed E-state index contributed by atoms with van der Waals surface area (Å²) in [4.78, 5) is 21.2. The van der Waals surface area contributed by atoms with Crippen molar-refractivity contribution in [1.82, 2.24) is 25.1 Å². The Bertz CT molecular complexity index is 694. The molecule has 1 N–H and O–H groups in total. The number of rotatable bonds is 3. The zero-order chi connectivity index (χ0) is 15.7. The van der Waals surface area contributed by atoms with Gasteiger partial charge in [-0.1, -0.05) is 0 Å². The predicted molar refractivity (Wildman–Crippen MR) is 82.0 cm³/mol. The van der Waals surface area contributed by atoms with Gasteiger partial charge in [-0.2, -0.15) is 5.10 Å². The summed E-state index contributed by atoms with van der Waals surface area (Å²) in [7, 11) is 1.87. The molecule has 0 bridgehead atoms. The number of aromatic nitrogens is 4. The smallest absolute Gasteiger partial charge is 0.223 e. The van der Waals surface area contributed by atoms with Crippen LogP contribution in [0.2, 0.25) is 0 Å². The van der Waals surface area contributed by atoms with Gasteiger partial charge in [-0.25, -0.2) is 9.97 Å². The van der Waals surface area contributed by atoms with Crippen LogP contribution in [0.3, 0.4) is 0 Å². The van der Waals surface area contributed by atoms with Crippen molar-refractivity contribution in [3.63, 3.8) is 0 Å². The number of fused-ring (bicyclic) bond motifs is 1. The van der Waals surface area contributed by atoms with Crippen LogP contribution >= 0.6 is 0 Å². The molecule has 1 unspecified atom stereocenters. The molecule has 0 spiro atoms. The minimum Gasteiger partial charge on any atom is -0.348 e. The Balaban J connectivity index is 1.65. The van der Waals surface area contributed by atoms with E-state index in [1.807, 2.05) is 39.4 Å². The lowest BCUT2D eigenvalue weighted by Gasteiger charge is -2.24. The van der Waals surface area contributed by atoms with Crippen molar-refractivity contribution in [1.29, 1.82) is 0 Å². The number of amides is 1. The molecule has 6 nitrogen and oxygen atoms in total. The maximum Gasteiger partial charge on any atom is 0.223 e. The van der Waals surface area contributed by atoms with Gasteiger partial charge in [0.1, 0.15) is 5.82 Å². The minimum atomic E-state index is -0.0793. The number of nitrogens with zero attached hydrogens (tertiary/aromatic N) is 4. The summed E-state index contributed by atoms with van der Waals surface area (Å²) < 4.78 is 1.74. The maximum atomic E-state index is 12.5. The molecular formula is C16H21N5O.